The number of benzene rings is 1. The summed E-state index contributed by atoms with van der Waals surface area (Å²) >= 11 is 10.1. The van der Waals surface area contributed by atoms with Gasteiger partial charge < -0.3 is 9.80 Å². The minimum Gasteiger partial charge on any atom is -0.343 e. The largest absolute Gasteiger partial charge is 0.343 e. The molecule has 0 saturated carbocycles. The summed E-state index contributed by atoms with van der Waals surface area (Å²) in [6.45, 7) is 12.5. The summed E-state index contributed by atoms with van der Waals surface area (Å²) in [4.78, 5) is 39.7. The van der Waals surface area contributed by atoms with Gasteiger partial charge in [0.25, 0.3) is 0 Å². The zero-order valence-electron chi connectivity index (χ0n) is 26.5. The van der Waals surface area contributed by atoms with Gasteiger partial charge in [-0.25, -0.2) is 0 Å². The molecule has 3 saturated heterocycles. The molecule has 0 radical (unpaired) electrons. The fraction of sp³-hybridized carbons (Fsp3) is 0.629. The van der Waals surface area contributed by atoms with E-state index < -0.39 is 0 Å². The highest BCUT2D eigenvalue weighted by molar-refractivity contribution is 9.10. The number of aromatic nitrogens is 1. The third-order valence-corrected chi connectivity index (χ3v) is 11.4. The lowest BCUT2D eigenvalue weighted by molar-refractivity contribution is -0.140. The van der Waals surface area contributed by atoms with Crippen LogP contribution in [-0.4, -0.2) is 94.3 Å². The second-order valence-electron chi connectivity index (χ2n) is 13.8. The van der Waals surface area contributed by atoms with E-state index in [0.29, 0.717) is 30.2 Å². The number of amides is 2. The Morgan fingerprint density at radius 3 is 2.39 bits per heavy atom. The summed E-state index contributed by atoms with van der Waals surface area (Å²) < 4.78 is 1.04. The maximum atomic E-state index is 13.6. The van der Waals surface area contributed by atoms with Crippen molar-refractivity contribution in [2.24, 2.45) is 11.8 Å². The van der Waals surface area contributed by atoms with E-state index in [9.17, 15) is 9.59 Å². The van der Waals surface area contributed by atoms with Crippen LogP contribution in [0.2, 0.25) is 5.02 Å². The monoisotopic (exact) mass is 683 g/mol. The van der Waals surface area contributed by atoms with Crippen molar-refractivity contribution in [2.45, 2.75) is 83.8 Å². The lowest BCUT2D eigenvalue weighted by atomic mass is 9.90. The van der Waals surface area contributed by atoms with Crippen LogP contribution < -0.4 is 0 Å². The second-order valence-corrected chi connectivity index (χ2v) is 15.1. The number of likely N-dealkylation sites (tertiary alicyclic amines) is 2. The lowest BCUT2D eigenvalue weighted by Crippen LogP contribution is -2.60. The standard InChI is InChI=1S/C35H47BrClN5O2/c1-23(2)32-22-41(16-17-42(32)33(44)18-25-8-12-39(13-9-25)24(3)43)30-10-14-40(15-11-30)35-31-7-6-29(37)20-26(31)4-5-27-19-28(36)21-38-34(27)35/h6-7,19-21,23,25,30,32,35H,4-5,8-18,22H2,1-3H3. The van der Waals surface area contributed by atoms with Crippen molar-refractivity contribution in [3.8, 4) is 0 Å². The number of piperazine rings is 1. The molecule has 1 aliphatic carbocycles. The van der Waals surface area contributed by atoms with E-state index in [2.05, 4.69) is 62.7 Å². The van der Waals surface area contributed by atoms with Crippen LogP contribution in [0.3, 0.4) is 0 Å². The van der Waals surface area contributed by atoms with Crippen LogP contribution in [0.5, 0.6) is 0 Å². The van der Waals surface area contributed by atoms with Crippen molar-refractivity contribution in [1.82, 2.24) is 24.6 Å². The summed E-state index contributed by atoms with van der Waals surface area (Å²) in [7, 11) is 0. The van der Waals surface area contributed by atoms with Gasteiger partial charge in [-0.05, 0) is 101 Å². The number of nitrogens with zero attached hydrogens (tertiary/aromatic N) is 5. The average Bonchev–Trinajstić information content (AvgIpc) is 3.17. The molecule has 0 N–H and O–H groups in total. The number of carbonyl (C=O) groups excluding carboxylic acids is 2. The maximum absolute atomic E-state index is 13.6. The molecule has 238 valence electrons. The van der Waals surface area contributed by atoms with Crippen LogP contribution in [0.4, 0.5) is 0 Å². The molecule has 6 rings (SSSR count). The highest BCUT2D eigenvalue weighted by atomic mass is 79.9. The van der Waals surface area contributed by atoms with Crippen LogP contribution in [0.1, 0.15) is 81.3 Å². The summed E-state index contributed by atoms with van der Waals surface area (Å²) in [5.74, 6) is 1.26. The Labute approximate surface area is 276 Å². The molecule has 1 aromatic heterocycles. The number of aryl methyl sites for hydroxylation is 2. The topological polar surface area (TPSA) is 60.0 Å². The zero-order valence-corrected chi connectivity index (χ0v) is 28.8. The lowest BCUT2D eigenvalue weighted by Gasteiger charge is -2.48. The molecule has 44 heavy (non-hydrogen) atoms. The van der Waals surface area contributed by atoms with Gasteiger partial charge in [0.15, 0.2) is 0 Å². The van der Waals surface area contributed by atoms with Crippen LogP contribution in [0, 0.1) is 11.8 Å². The van der Waals surface area contributed by atoms with Gasteiger partial charge >= 0.3 is 0 Å². The summed E-state index contributed by atoms with van der Waals surface area (Å²) in [5.41, 5.74) is 5.19. The Kier molecular flexibility index (Phi) is 10.0. The molecule has 2 aromatic rings. The molecule has 4 aliphatic rings. The van der Waals surface area contributed by atoms with Gasteiger partial charge in [-0.2, -0.15) is 0 Å². The molecule has 7 nitrogen and oxygen atoms in total. The Morgan fingerprint density at radius 2 is 1.68 bits per heavy atom. The van der Waals surface area contributed by atoms with Crippen molar-refractivity contribution < 1.29 is 9.59 Å². The van der Waals surface area contributed by atoms with E-state index in [0.717, 1.165) is 93.8 Å². The van der Waals surface area contributed by atoms with E-state index in [4.69, 9.17) is 16.6 Å². The zero-order chi connectivity index (χ0) is 31.0. The molecule has 4 heterocycles. The molecule has 0 spiro atoms. The Bertz CT molecular complexity index is 1300. The molecular weight excluding hydrogens is 638 g/mol. The van der Waals surface area contributed by atoms with Crippen LogP contribution in [0.25, 0.3) is 0 Å². The van der Waals surface area contributed by atoms with Gasteiger partial charge in [0.1, 0.15) is 0 Å². The molecule has 3 fully saturated rings. The van der Waals surface area contributed by atoms with E-state index in [1.165, 1.54) is 22.4 Å². The number of rotatable bonds is 5. The van der Waals surface area contributed by atoms with E-state index in [1.807, 2.05) is 17.2 Å². The van der Waals surface area contributed by atoms with Crippen LogP contribution in [0.15, 0.2) is 34.9 Å². The number of hydrogen-bond donors (Lipinski definition) is 0. The van der Waals surface area contributed by atoms with E-state index >= 15 is 0 Å². The van der Waals surface area contributed by atoms with Gasteiger partial charge in [0.05, 0.1) is 11.7 Å². The van der Waals surface area contributed by atoms with Crippen molar-refractivity contribution in [2.75, 3.05) is 45.8 Å². The van der Waals surface area contributed by atoms with Crippen LogP contribution in [-0.2, 0) is 22.4 Å². The molecule has 3 aliphatic heterocycles. The molecule has 2 unspecified atom stereocenters. The first-order valence-corrected chi connectivity index (χ1v) is 17.8. The molecule has 2 amide bonds. The van der Waals surface area contributed by atoms with Crippen LogP contribution >= 0.6 is 27.5 Å². The Balaban J connectivity index is 1.10. The van der Waals surface area contributed by atoms with Gasteiger partial charge in [-0.15, -0.1) is 0 Å². The molecular formula is C35H47BrClN5O2. The first-order valence-electron chi connectivity index (χ1n) is 16.6. The first kappa shape index (κ1) is 32.0. The highest BCUT2D eigenvalue weighted by Gasteiger charge is 2.39. The summed E-state index contributed by atoms with van der Waals surface area (Å²) in [6.07, 6.45) is 8.63. The number of halogens is 2. The maximum Gasteiger partial charge on any atom is 0.223 e. The minimum atomic E-state index is 0.147. The Hall–Kier alpha value is -2.00. The Morgan fingerprint density at radius 1 is 0.955 bits per heavy atom. The molecule has 2 atom stereocenters. The number of pyridine rings is 1. The molecule has 1 aromatic carbocycles. The third kappa shape index (κ3) is 6.89. The second kappa shape index (κ2) is 13.8. The highest BCUT2D eigenvalue weighted by Crippen LogP contribution is 2.39. The first-order chi connectivity index (χ1) is 21.2. The number of piperidine rings is 2. The minimum absolute atomic E-state index is 0.147. The fourth-order valence-corrected chi connectivity index (χ4v) is 8.72. The van der Waals surface area contributed by atoms with Gasteiger partial charge in [0.2, 0.25) is 11.8 Å². The number of fused-ring (bicyclic) bond motifs is 2. The predicted molar refractivity (Wildman–Crippen MR) is 179 cm³/mol. The van der Waals surface area contributed by atoms with Crippen molar-refractivity contribution in [1.29, 1.82) is 0 Å². The molecule has 0 bridgehead atoms. The SMILES string of the molecule is CC(=O)N1CCC(CC(=O)N2CCN(C3CCN(C4c5ccc(Cl)cc5CCc5cc(Br)cnc54)CC3)CC2C(C)C)CC1. The summed E-state index contributed by atoms with van der Waals surface area (Å²) in [6, 6.07) is 9.59. The predicted octanol–water partition coefficient (Wildman–Crippen LogP) is 5.97. The fourth-order valence-electron chi connectivity index (χ4n) is 8.15. The van der Waals surface area contributed by atoms with Crippen molar-refractivity contribution >= 4 is 39.3 Å². The smallest absolute Gasteiger partial charge is 0.223 e. The molecule has 9 heteroatoms. The van der Waals surface area contributed by atoms with Crippen molar-refractivity contribution in [3.63, 3.8) is 0 Å². The van der Waals surface area contributed by atoms with Crippen molar-refractivity contribution in [3.05, 3.63) is 62.3 Å². The normalized spacial score (nSPS) is 24.2. The van der Waals surface area contributed by atoms with E-state index in [1.54, 1.807) is 6.92 Å². The quantitative estimate of drug-likeness (QED) is 0.389. The number of carbonyl (C=O) groups is 2. The number of hydrogen-bond acceptors (Lipinski definition) is 5. The van der Waals surface area contributed by atoms with Gasteiger partial charge in [-0.3, -0.25) is 24.4 Å². The van der Waals surface area contributed by atoms with Gasteiger partial charge in [-0.1, -0.05) is 31.5 Å². The third-order valence-electron chi connectivity index (χ3n) is 10.7. The van der Waals surface area contributed by atoms with E-state index in [-0.39, 0.29) is 18.0 Å². The van der Waals surface area contributed by atoms with Gasteiger partial charge in [0, 0.05) is 86.9 Å². The average molecular weight is 685 g/mol. The summed E-state index contributed by atoms with van der Waals surface area (Å²) in [5, 5.41) is 0.803.